The Kier molecular flexibility index (Phi) is 1.92. The summed E-state index contributed by atoms with van der Waals surface area (Å²) in [5.74, 6) is -0.246. The smallest absolute Gasteiger partial charge is 0.302 e. The lowest BCUT2D eigenvalue weighted by Crippen LogP contribution is -2.22. The molecule has 0 aromatic carbocycles. The van der Waals surface area contributed by atoms with Crippen LogP contribution in [0, 0.1) is 0 Å². The Hall–Kier alpha value is -0.570. The summed E-state index contributed by atoms with van der Waals surface area (Å²) in [7, 11) is 0. The van der Waals surface area contributed by atoms with Gasteiger partial charge in [0.25, 0.3) is 0 Å². The number of hydrogen-bond acceptors (Lipinski definition) is 3. The van der Waals surface area contributed by atoms with Gasteiger partial charge in [-0.2, -0.15) is 0 Å². The van der Waals surface area contributed by atoms with Gasteiger partial charge in [-0.15, -0.1) is 0 Å². The fraction of sp³-hybridized carbons (Fsp3) is 0.875. The first-order chi connectivity index (χ1) is 4.93. The Morgan fingerprint density at radius 2 is 2.09 bits per heavy atom. The number of epoxide rings is 1. The Labute approximate surface area is 66.7 Å². The molecule has 1 saturated heterocycles. The predicted octanol–water partition coefficient (Wildman–Crippen LogP) is 1.12. The molecule has 11 heavy (non-hydrogen) atoms. The van der Waals surface area contributed by atoms with E-state index in [0.29, 0.717) is 0 Å². The molecular formula is C8H14O3. The molecule has 0 bridgehead atoms. The fourth-order valence-electron chi connectivity index (χ4n) is 1.28. The van der Waals surface area contributed by atoms with Crippen LogP contribution in [0.15, 0.2) is 0 Å². The average molecular weight is 158 g/mol. The molecular weight excluding hydrogens is 144 g/mol. The van der Waals surface area contributed by atoms with Gasteiger partial charge in [-0.25, -0.2) is 0 Å². The first kappa shape index (κ1) is 8.53. The van der Waals surface area contributed by atoms with E-state index in [1.165, 1.54) is 6.92 Å². The van der Waals surface area contributed by atoms with Gasteiger partial charge in [-0.05, 0) is 20.8 Å². The van der Waals surface area contributed by atoms with Gasteiger partial charge in [0.1, 0.15) is 12.2 Å². The van der Waals surface area contributed by atoms with Gasteiger partial charge in [0.05, 0.1) is 5.60 Å². The van der Waals surface area contributed by atoms with E-state index in [4.69, 9.17) is 9.47 Å². The van der Waals surface area contributed by atoms with Gasteiger partial charge in [0, 0.05) is 6.92 Å². The summed E-state index contributed by atoms with van der Waals surface area (Å²) in [6.45, 7) is 7.22. The first-order valence-corrected chi connectivity index (χ1v) is 3.78. The van der Waals surface area contributed by atoms with Crippen molar-refractivity contribution in [3.05, 3.63) is 0 Å². The summed E-state index contributed by atoms with van der Waals surface area (Å²) >= 11 is 0. The summed E-state index contributed by atoms with van der Waals surface area (Å²) < 4.78 is 10.2. The molecule has 3 nitrogen and oxygen atoms in total. The van der Waals surface area contributed by atoms with Gasteiger partial charge in [0.15, 0.2) is 0 Å². The second-order valence-corrected chi connectivity index (χ2v) is 3.46. The molecule has 1 aliphatic heterocycles. The molecule has 64 valence electrons. The van der Waals surface area contributed by atoms with Crippen molar-refractivity contribution >= 4 is 5.97 Å². The maximum Gasteiger partial charge on any atom is 0.302 e. The van der Waals surface area contributed by atoms with Gasteiger partial charge in [-0.3, -0.25) is 4.79 Å². The van der Waals surface area contributed by atoms with Crippen LogP contribution in [0.2, 0.25) is 0 Å². The van der Waals surface area contributed by atoms with Crippen LogP contribution >= 0.6 is 0 Å². The highest BCUT2D eigenvalue weighted by Crippen LogP contribution is 2.38. The maximum absolute atomic E-state index is 10.5. The SMILES string of the molecule is CC(=O)O[C@H](C)[C@@H]1OC1(C)C. The second kappa shape index (κ2) is 2.48. The van der Waals surface area contributed by atoms with E-state index >= 15 is 0 Å². The lowest BCUT2D eigenvalue weighted by atomic mass is 10.1. The normalized spacial score (nSPS) is 29.3. The van der Waals surface area contributed by atoms with Crippen LogP contribution in [0.3, 0.4) is 0 Å². The number of hydrogen-bond donors (Lipinski definition) is 0. The second-order valence-electron chi connectivity index (χ2n) is 3.46. The topological polar surface area (TPSA) is 38.8 Å². The maximum atomic E-state index is 10.5. The first-order valence-electron chi connectivity index (χ1n) is 3.78. The highest BCUT2D eigenvalue weighted by Gasteiger charge is 2.52. The molecule has 1 fully saturated rings. The van der Waals surface area contributed by atoms with Crippen LogP contribution in [-0.2, 0) is 14.3 Å². The van der Waals surface area contributed by atoms with Crippen molar-refractivity contribution in [3.8, 4) is 0 Å². The summed E-state index contributed by atoms with van der Waals surface area (Å²) in [5, 5.41) is 0. The van der Waals surface area contributed by atoms with Crippen LogP contribution in [0.1, 0.15) is 27.7 Å². The van der Waals surface area contributed by atoms with Gasteiger partial charge >= 0.3 is 5.97 Å². The van der Waals surface area contributed by atoms with E-state index < -0.39 is 0 Å². The minimum atomic E-state index is -0.246. The summed E-state index contributed by atoms with van der Waals surface area (Å²) in [6, 6.07) is 0. The molecule has 3 heteroatoms. The van der Waals surface area contributed by atoms with Gasteiger partial charge in [-0.1, -0.05) is 0 Å². The number of rotatable bonds is 2. The molecule has 1 rings (SSSR count). The van der Waals surface area contributed by atoms with E-state index in [1.54, 1.807) is 0 Å². The zero-order valence-corrected chi connectivity index (χ0v) is 7.38. The molecule has 0 aliphatic carbocycles. The van der Waals surface area contributed by atoms with Gasteiger partial charge in [0.2, 0.25) is 0 Å². The molecule has 0 amide bonds. The fourth-order valence-corrected chi connectivity index (χ4v) is 1.28. The van der Waals surface area contributed by atoms with Crippen molar-refractivity contribution in [2.24, 2.45) is 0 Å². The van der Waals surface area contributed by atoms with Crippen molar-refractivity contribution < 1.29 is 14.3 Å². The molecule has 1 aliphatic rings. The third-order valence-electron chi connectivity index (χ3n) is 1.84. The Morgan fingerprint density at radius 3 is 2.36 bits per heavy atom. The Balaban J connectivity index is 2.34. The largest absolute Gasteiger partial charge is 0.460 e. The van der Waals surface area contributed by atoms with Crippen LogP contribution in [0.5, 0.6) is 0 Å². The van der Waals surface area contributed by atoms with E-state index in [9.17, 15) is 4.79 Å². The van der Waals surface area contributed by atoms with Crippen LogP contribution in [0.25, 0.3) is 0 Å². The summed E-state index contributed by atoms with van der Waals surface area (Å²) in [6.07, 6.45) is -0.0473. The summed E-state index contributed by atoms with van der Waals surface area (Å²) in [5.41, 5.74) is -0.102. The third kappa shape index (κ3) is 1.93. The minimum absolute atomic E-state index is 0.0754. The van der Waals surface area contributed by atoms with E-state index in [2.05, 4.69) is 0 Å². The number of ether oxygens (including phenoxy) is 2. The molecule has 0 aromatic heterocycles. The molecule has 1 heterocycles. The highest BCUT2D eigenvalue weighted by atomic mass is 16.6. The van der Waals surface area contributed by atoms with Crippen molar-refractivity contribution in [1.82, 2.24) is 0 Å². The molecule has 0 spiro atoms. The Morgan fingerprint density at radius 1 is 1.64 bits per heavy atom. The van der Waals surface area contributed by atoms with Crippen molar-refractivity contribution in [2.75, 3.05) is 0 Å². The minimum Gasteiger partial charge on any atom is -0.460 e. The zero-order valence-electron chi connectivity index (χ0n) is 7.38. The van der Waals surface area contributed by atoms with E-state index in [-0.39, 0.29) is 23.8 Å². The lowest BCUT2D eigenvalue weighted by Gasteiger charge is -2.08. The monoisotopic (exact) mass is 158 g/mol. The molecule has 0 aromatic rings. The predicted molar refractivity (Wildman–Crippen MR) is 40.2 cm³/mol. The third-order valence-corrected chi connectivity index (χ3v) is 1.84. The Bertz CT molecular complexity index is 174. The quantitative estimate of drug-likeness (QED) is 0.446. The van der Waals surface area contributed by atoms with Crippen molar-refractivity contribution in [3.63, 3.8) is 0 Å². The van der Waals surface area contributed by atoms with Crippen LogP contribution in [0.4, 0.5) is 0 Å². The average Bonchev–Trinajstić information content (AvgIpc) is 2.38. The van der Waals surface area contributed by atoms with Crippen LogP contribution in [-0.4, -0.2) is 23.8 Å². The number of esters is 1. The van der Waals surface area contributed by atoms with Crippen LogP contribution < -0.4 is 0 Å². The number of carbonyl (C=O) groups excluding carboxylic acids is 1. The van der Waals surface area contributed by atoms with Crippen molar-refractivity contribution in [1.29, 1.82) is 0 Å². The molecule has 0 radical (unpaired) electrons. The van der Waals surface area contributed by atoms with Crippen molar-refractivity contribution in [2.45, 2.75) is 45.5 Å². The zero-order chi connectivity index (χ0) is 8.65. The highest BCUT2D eigenvalue weighted by molar-refractivity contribution is 5.66. The number of carbonyl (C=O) groups is 1. The van der Waals surface area contributed by atoms with Gasteiger partial charge < -0.3 is 9.47 Å². The molecule has 0 saturated carbocycles. The lowest BCUT2D eigenvalue weighted by molar-refractivity contribution is -0.146. The molecule has 2 atom stereocenters. The van der Waals surface area contributed by atoms with E-state index in [0.717, 1.165) is 0 Å². The summed E-state index contributed by atoms with van der Waals surface area (Å²) in [4.78, 5) is 10.5. The molecule has 0 unspecified atom stereocenters. The standard InChI is InChI=1S/C8H14O3/c1-5(10-6(2)9)7-8(3,4)11-7/h5,7H,1-4H3/t5-,7+/m1/s1. The molecule has 0 N–H and O–H groups in total. The van der Waals surface area contributed by atoms with E-state index in [1.807, 2.05) is 20.8 Å².